The molecule has 3 aliphatic rings. The zero-order valence-corrected chi connectivity index (χ0v) is 22.6. The highest BCUT2D eigenvalue weighted by atomic mass is 16.5. The van der Waals surface area contributed by atoms with Gasteiger partial charge in [-0.05, 0) is 61.1 Å². The van der Waals surface area contributed by atoms with Crippen LogP contribution in [0.15, 0.2) is 72.8 Å². The largest absolute Gasteiger partial charge is 0.396 e. The van der Waals surface area contributed by atoms with Crippen molar-refractivity contribution in [3.05, 3.63) is 78.4 Å². The Kier molecular flexibility index (Phi) is 6.84. The first kappa shape index (κ1) is 26.5. The average Bonchev–Trinajstić information content (AvgIpc) is 3.53. The molecule has 3 fully saturated rings. The molecule has 0 aromatic heterocycles. The summed E-state index contributed by atoms with van der Waals surface area (Å²) in [6, 6.07) is 22.4. The second-order valence-corrected chi connectivity index (χ2v) is 11.4. The highest BCUT2D eigenvalue weighted by molar-refractivity contribution is 6.04. The predicted octanol–water partition coefficient (Wildman–Crippen LogP) is 3.63. The molecule has 3 aliphatic heterocycles. The van der Waals surface area contributed by atoms with Crippen molar-refractivity contribution in [2.45, 2.75) is 56.4 Å². The summed E-state index contributed by atoms with van der Waals surface area (Å²) < 4.78 is 6.67. The van der Waals surface area contributed by atoms with Gasteiger partial charge in [-0.2, -0.15) is 0 Å². The number of likely N-dealkylation sites (tertiary alicyclic amines) is 1. The zero-order valence-electron chi connectivity index (χ0n) is 22.6. The van der Waals surface area contributed by atoms with Crippen molar-refractivity contribution in [2.75, 3.05) is 18.5 Å². The number of rotatable bonds is 9. The predicted molar refractivity (Wildman–Crippen MR) is 151 cm³/mol. The summed E-state index contributed by atoms with van der Waals surface area (Å²) in [5.74, 6) is -2.21. The second-order valence-electron chi connectivity index (χ2n) is 11.4. The Hall–Kier alpha value is -3.75. The van der Waals surface area contributed by atoms with E-state index in [-0.39, 0.29) is 24.3 Å². The van der Waals surface area contributed by atoms with Gasteiger partial charge in [-0.3, -0.25) is 14.4 Å². The molecule has 3 aromatic carbocycles. The minimum Gasteiger partial charge on any atom is -0.396 e. The van der Waals surface area contributed by atoms with Gasteiger partial charge < -0.3 is 25.4 Å². The normalized spacial score (nSPS) is 28.6. The van der Waals surface area contributed by atoms with Gasteiger partial charge in [-0.25, -0.2) is 0 Å². The number of nitrogens with zero attached hydrogens (tertiary/aromatic N) is 1. The number of ether oxygens (including phenoxy) is 1. The third-order valence-corrected chi connectivity index (χ3v) is 8.94. The molecule has 3 amide bonds. The van der Waals surface area contributed by atoms with Gasteiger partial charge in [0.2, 0.25) is 17.7 Å². The number of aliphatic hydroxyl groups excluding tert-OH is 1. The van der Waals surface area contributed by atoms with Crippen LogP contribution >= 0.6 is 0 Å². The Morgan fingerprint density at radius 2 is 1.73 bits per heavy atom. The van der Waals surface area contributed by atoms with E-state index in [4.69, 9.17) is 4.74 Å². The van der Waals surface area contributed by atoms with E-state index < -0.39 is 29.1 Å². The van der Waals surface area contributed by atoms with Crippen molar-refractivity contribution in [3.63, 3.8) is 0 Å². The van der Waals surface area contributed by atoms with Gasteiger partial charge >= 0.3 is 0 Å². The van der Waals surface area contributed by atoms with Crippen LogP contribution in [-0.2, 0) is 25.7 Å². The van der Waals surface area contributed by atoms with Crippen LogP contribution in [0, 0.1) is 11.8 Å². The van der Waals surface area contributed by atoms with Crippen LogP contribution < -0.4 is 10.6 Å². The molecule has 1 spiro atoms. The van der Waals surface area contributed by atoms with E-state index in [0.29, 0.717) is 44.5 Å². The number of carbonyl (C=O) groups is 3. The average molecular weight is 542 g/mol. The van der Waals surface area contributed by atoms with Crippen molar-refractivity contribution >= 4 is 34.2 Å². The van der Waals surface area contributed by atoms with E-state index in [1.165, 1.54) is 0 Å². The Morgan fingerprint density at radius 1 is 0.975 bits per heavy atom. The van der Waals surface area contributed by atoms with Gasteiger partial charge in [0.15, 0.2) is 0 Å². The Balaban J connectivity index is 1.30. The fraction of sp³-hybridized carbons (Fsp3) is 0.406. The monoisotopic (exact) mass is 541 g/mol. The minimum absolute atomic E-state index is 0.00361. The maximum Gasteiger partial charge on any atom is 0.250 e. The molecule has 8 heteroatoms. The third-order valence-electron chi connectivity index (χ3n) is 8.94. The molecule has 3 N–H and O–H groups in total. The molecule has 0 aliphatic carbocycles. The fourth-order valence-corrected chi connectivity index (χ4v) is 7.13. The molecule has 0 radical (unpaired) electrons. The molecular weight excluding hydrogens is 506 g/mol. The lowest BCUT2D eigenvalue weighted by atomic mass is 9.66. The molecule has 3 saturated heterocycles. The standard InChI is InChI=1S/C32H35N3O5/c1-31-15-16-32(40-31)26(25(31)28(37)33-20-21-9-3-2-4-10-21)30(39)35(17-7-8-18-36)27(32)29(38)34-24-14-13-22-11-5-6-12-23(22)19-24/h2-6,9-14,19,25-27,36H,7-8,15-18,20H2,1H3,(H,33,37)(H,34,38)/t25-,26+,27?,31+,32?/m1/s1. The zero-order chi connectivity index (χ0) is 27.9. The lowest BCUT2D eigenvalue weighted by molar-refractivity contribution is -0.144. The highest BCUT2D eigenvalue weighted by Crippen LogP contribution is 2.63. The van der Waals surface area contributed by atoms with E-state index in [1.54, 1.807) is 4.90 Å². The van der Waals surface area contributed by atoms with Crippen LogP contribution in [-0.4, -0.2) is 58.1 Å². The number of anilines is 1. The Labute approximate surface area is 233 Å². The summed E-state index contributed by atoms with van der Waals surface area (Å²) in [6.45, 7) is 2.57. The van der Waals surface area contributed by atoms with E-state index in [0.717, 1.165) is 16.3 Å². The van der Waals surface area contributed by atoms with Gasteiger partial charge in [-0.15, -0.1) is 0 Å². The smallest absolute Gasteiger partial charge is 0.250 e. The first-order valence-electron chi connectivity index (χ1n) is 14.1. The molecule has 8 nitrogen and oxygen atoms in total. The molecule has 0 saturated carbocycles. The molecule has 2 unspecified atom stereocenters. The summed E-state index contributed by atoms with van der Waals surface area (Å²) in [5, 5.41) is 17.5. The van der Waals surface area contributed by atoms with Gasteiger partial charge in [0, 0.05) is 25.4 Å². The third kappa shape index (κ3) is 4.35. The van der Waals surface area contributed by atoms with Crippen molar-refractivity contribution in [2.24, 2.45) is 11.8 Å². The van der Waals surface area contributed by atoms with Crippen LogP contribution in [0.3, 0.4) is 0 Å². The van der Waals surface area contributed by atoms with Crippen molar-refractivity contribution in [1.82, 2.24) is 10.2 Å². The van der Waals surface area contributed by atoms with E-state index in [9.17, 15) is 19.5 Å². The topological polar surface area (TPSA) is 108 Å². The number of nitrogens with one attached hydrogen (secondary N) is 2. The first-order valence-corrected chi connectivity index (χ1v) is 14.1. The van der Waals surface area contributed by atoms with Crippen LogP contribution in [0.2, 0.25) is 0 Å². The molecule has 208 valence electrons. The van der Waals surface area contributed by atoms with Gasteiger partial charge in [0.25, 0.3) is 0 Å². The molecule has 3 aromatic rings. The Bertz CT molecular complexity index is 1440. The van der Waals surface area contributed by atoms with Crippen molar-refractivity contribution < 1.29 is 24.2 Å². The number of amides is 3. The highest BCUT2D eigenvalue weighted by Gasteiger charge is 2.77. The molecular formula is C32H35N3O5. The van der Waals surface area contributed by atoms with Crippen LogP contribution in [0.1, 0.15) is 38.2 Å². The van der Waals surface area contributed by atoms with E-state index >= 15 is 0 Å². The maximum atomic E-state index is 14.1. The van der Waals surface area contributed by atoms with E-state index in [2.05, 4.69) is 10.6 Å². The molecule has 2 bridgehead atoms. The van der Waals surface area contributed by atoms with Crippen molar-refractivity contribution in [1.29, 1.82) is 0 Å². The lowest BCUT2D eigenvalue weighted by Crippen LogP contribution is -2.53. The lowest BCUT2D eigenvalue weighted by Gasteiger charge is -2.33. The second kappa shape index (κ2) is 10.3. The number of aliphatic hydroxyl groups is 1. The summed E-state index contributed by atoms with van der Waals surface area (Å²) in [6.07, 6.45) is 2.17. The van der Waals surface area contributed by atoms with Gasteiger partial charge in [0.1, 0.15) is 11.6 Å². The number of benzene rings is 3. The van der Waals surface area contributed by atoms with E-state index in [1.807, 2.05) is 79.7 Å². The molecule has 5 atom stereocenters. The molecule has 40 heavy (non-hydrogen) atoms. The summed E-state index contributed by atoms with van der Waals surface area (Å²) in [4.78, 5) is 43.3. The van der Waals surface area contributed by atoms with Crippen molar-refractivity contribution in [3.8, 4) is 0 Å². The summed E-state index contributed by atoms with van der Waals surface area (Å²) >= 11 is 0. The Morgan fingerprint density at radius 3 is 2.50 bits per heavy atom. The maximum absolute atomic E-state index is 14.1. The van der Waals surface area contributed by atoms with Crippen LogP contribution in [0.25, 0.3) is 10.8 Å². The number of carbonyl (C=O) groups excluding carboxylic acids is 3. The van der Waals surface area contributed by atoms with Crippen LogP contribution in [0.4, 0.5) is 5.69 Å². The SMILES string of the molecule is C[C@@]12CCC3(O1)C(C(=O)Nc1ccc4ccccc4c1)N(CCCCO)C(=O)[C@@H]3[C@@H]2C(=O)NCc1ccccc1. The summed E-state index contributed by atoms with van der Waals surface area (Å²) in [7, 11) is 0. The number of fused-ring (bicyclic) bond motifs is 2. The summed E-state index contributed by atoms with van der Waals surface area (Å²) in [5.41, 5.74) is -0.307. The van der Waals surface area contributed by atoms with Gasteiger partial charge in [0.05, 0.1) is 17.4 Å². The number of hydrogen-bond acceptors (Lipinski definition) is 5. The number of unbranched alkanes of at least 4 members (excludes halogenated alkanes) is 1. The fourth-order valence-electron chi connectivity index (χ4n) is 7.13. The molecule has 3 heterocycles. The number of hydrogen-bond donors (Lipinski definition) is 3. The first-order chi connectivity index (χ1) is 19.4. The molecule has 6 rings (SSSR count). The van der Waals surface area contributed by atoms with Gasteiger partial charge in [-0.1, -0.05) is 60.7 Å². The van der Waals surface area contributed by atoms with Crippen LogP contribution in [0.5, 0.6) is 0 Å². The quantitative estimate of drug-likeness (QED) is 0.359. The minimum atomic E-state index is -1.08.